The number of aryl methyl sites for hydroxylation is 1. The topological polar surface area (TPSA) is 26.0 Å². The van der Waals surface area contributed by atoms with Crippen LogP contribution in [0, 0.1) is 11.8 Å². The second-order valence-corrected chi connectivity index (χ2v) is 5.96. The molecular formula is C14H23NS. The molecule has 1 aliphatic rings. The molecule has 0 saturated heterocycles. The predicted molar refractivity (Wildman–Crippen MR) is 71.7 cm³/mol. The Morgan fingerprint density at radius 3 is 3.00 bits per heavy atom. The van der Waals surface area contributed by atoms with E-state index in [9.17, 15) is 0 Å². The molecule has 0 radical (unpaired) electrons. The minimum absolute atomic E-state index is 0.460. The summed E-state index contributed by atoms with van der Waals surface area (Å²) in [4.78, 5) is 0. The quantitative estimate of drug-likeness (QED) is 0.846. The van der Waals surface area contributed by atoms with Crippen molar-refractivity contribution in [2.75, 3.05) is 0 Å². The van der Waals surface area contributed by atoms with E-state index in [1.54, 1.807) is 11.3 Å². The van der Waals surface area contributed by atoms with Gasteiger partial charge in [-0.2, -0.15) is 11.3 Å². The van der Waals surface area contributed by atoms with Gasteiger partial charge in [0.25, 0.3) is 0 Å². The third-order valence-electron chi connectivity index (χ3n) is 4.11. The van der Waals surface area contributed by atoms with E-state index in [0.717, 1.165) is 11.8 Å². The predicted octanol–water partition coefficient (Wildman–Crippen LogP) is 3.83. The SMILES string of the molecule is CCC1CCC(N)C(CCc2ccsc2)C1. The Labute approximate surface area is 103 Å². The lowest BCUT2D eigenvalue weighted by molar-refractivity contribution is 0.218. The average Bonchev–Trinajstić information content (AvgIpc) is 2.81. The van der Waals surface area contributed by atoms with Gasteiger partial charge in [0.05, 0.1) is 0 Å². The molecule has 1 aromatic rings. The van der Waals surface area contributed by atoms with E-state index < -0.39 is 0 Å². The van der Waals surface area contributed by atoms with Gasteiger partial charge in [-0.15, -0.1) is 0 Å². The first-order valence-corrected chi connectivity index (χ1v) is 7.50. The summed E-state index contributed by atoms with van der Waals surface area (Å²) in [5.41, 5.74) is 7.73. The van der Waals surface area contributed by atoms with E-state index in [2.05, 4.69) is 23.8 Å². The molecule has 1 saturated carbocycles. The van der Waals surface area contributed by atoms with E-state index in [-0.39, 0.29) is 0 Å². The van der Waals surface area contributed by atoms with Crippen LogP contribution >= 0.6 is 11.3 Å². The van der Waals surface area contributed by atoms with Gasteiger partial charge in [-0.1, -0.05) is 13.3 Å². The zero-order chi connectivity index (χ0) is 11.4. The van der Waals surface area contributed by atoms with Gasteiger partial charge in [0.1, 0.15) is 0 Å². The van der Waals surface area contributed by atoms with Gasteiger partial charge in [0.2, 0.25) is 0 Å². The lowest BCUT2D eigenvalue weighted by Crippen LogP contribution is -2.36. The van der Waals surface area contributed by atoms with E-state index >= 15 is 0 Å². The van der Waals surface area contributed by atoms with Crippen molar-refractivity contribution in [3.63, 3.8) is 0 Å². The van der Waals surface area contributed by atoms with Gasteiger partial charge in [0, 0.05) is 6.04 Å². The lowest BCUT2D eigenvalue weighted by atomic mass is 9.75. The maximum absolute atomic E-state index is 6.24. The van der Waals surface area contributed by atoms with Crippen LogP contribution in [0.5, 0.6) is 0 Å². The summed E-state index contributed by atoms with van der Waals surface area (Å²) in [6, 6.07) is 2.71. The number of thiophene rings is 1. The Balaban J connectivity index is 1.82. The zero-order valence-corrected chi connectivity index (χ0v) is 11.0. The van der Waals surface area contributed by atoms with E-state index in [0.29, 0.717) is 6.04 Å². The third kappa shape index (κ3) is 3.08. The molecule has 1 aromatic heterocycles. The molecule has 1 aliphatic carbocycles. The lowest BCUT2D eigenvalue weighted by Gasteiger charge is -2.33. The molecule has 0 bridgehead atoms. The largest absolute Gasteiger partial charge is 0.327 e. The summed E-state index contributed by atoms with van der Waals surface area (Å²) in [5, 5.41) is 4.44. The van der Waals surface area contributed by atoms with Crippen LogP contribution in [0.2, 0.25) is 0 Å². The Morgan fingerprint density at radius 2 is 2.31 bits per heavy atom. The van der Waals surface area contributed by atoms with Gasteiger partial charge < -0.3 is 5.73 Å². The molecule has 0 spiro atoms. The number of rotatable bonds is 4. The van der Waals surface area contributed by atoms with Crippen molar-refractivity contribution in [2.45, 2.75) is 51.5 Å². The Hall–Kier alpha value is -0.340. The molecule has 2 rings (SSSR count). The third-order valence-corrected chi connectivity index (χ3v) is 4.84. The first-order valence-electron chi connectivity index (χ1n) is 6.56. The zero-order valence-electron chi connectivity index (χ0n) is 10.2. The molecule has 16 heavy (non-hydrogen) atoms. The molecule has 0 aliphatic heterocycles. The number of nitrogens with two attached hydrogens (primary N) is 1. The fourth-order valence-corrected chi connectivity index (χ4v) is 3.58. The van der Waals surface area contributed by atoms with Crippen LogP contribution in [0.1, 0.15) is 44.6 Å². The maximum atomic E-state index is 6.24. The first-order chi connectivity index (χ1) is 7.79. The van der Waals surface area contributed by atoms with Gasteiger partial charge in [-0.3, -0.25) is 0 Å². The van der Waals surface area contributed by atoms with Crippen LogP contribution in [0.4, 0.5) is 0 Å². The summed E-state index contributed by atoms with van der Waals surface area (Å²) in [6.07, 6.45) is 7.80. The van der Waals surface area contributed by atoms with E-state index in [4.69, 9.17) is 5.73 Å². The van der Waals surface area contributed by atoms with Crippen molar-refractivity contribution >= 4 is 11.3 Å². The normalized spacial score (nSPS) is 30.5. The fourth-order valence-electron chi connectivity index (χ4n) is 2.87. The molecule has 1 nitrogen and oxygen atoms in total. The van der Waals surface area contributed by atoms with Crippen LogP contribution in [-0.2, 0) is 6.42 Å². The van der Waals surface area contributed by atoms with Crippen molar-refractivity contribution in [3.8, 4) is 0 Å². The van der Waals surface area contributed by atoms with Crippen LogP contribution in [0.3, 0.4) is 0 Å². The average molecular weight is 237 g/mol. The van der Waals surface area contributed by atoms with Crippen LogP contribution < -0.4 is 5.73 Å². The highest BCUT2D eigenvalue weighted by atomic mass is 32.1. The van der Waals surface area contributed by atoms with Gasteiger partial charge in [-0.25, -0.2) is 0 Å². The Morgan fingerprint density at radius 1 is 1.44 bits per heavy atom. The maximum Gasteiger partial charge on any atom is 0.00674 e. The minimum Gasteiger partial charge on any atom is -0.327 e. The fraction of sp³-hybridized carbons (Fsp3) is 0.714. The molecule has 1 fully saturated rings. The molecule has 3 atom stereocenters. The summed E-state index contributed by atoms with van der Waals surface area (Å²) in [7, 11) is 0. The Kier molecular flexibility index (Phi) is 4.42. The van der Waals surface area contributed by atoms with E-state index in [1.807, 2.05) is 0 Å². The second-order valence-electron chi connectivity index (χ2n) is 5.18. The van der Waals surface area contributed by atoms with Crippen LogP contribution in [-0.4, -0.2) is 6.04 Å². The molecule has 1 heterocycles. The summed E-state index contributed by atoms with van der Waals surface area (Å²) in [5.74, 6) is 1.70. The van der Waals surface area contributed by atoms with E-state index in [1.165, 1.54) is 44.1 Å². The smallest absolute Gasteiger partial charge is 0.00674 e. The molecule has 0 amide bonds. The summed E-state index contributed by atoms with van der Waals surface area (Å²) < 4.78 is 0. The van der Waals surface area contributed by atoms with Crippen molar-refractivity contribution < 1.29 is 0 Å². The summed E-state index contributed by atoms with van der Waals surface area (Å²) >= 11 is 1.80. The van der Waals surface area contributed by atoms with Crippen molar-refractivity contribution in [1.82, 2.24) is 0 Å². The molecule has 3 unspecified atom stereocenters. The number of hydrogen-bond donors (Lipinski definition) is 1. The van der Waals surface area contributed by atoms with Crippen molar-refractivity contribution in [1.29, 1.82) is 0 Å². The summed E-state index contributed by atoms with van der Waals surface area (Å²) in [6.45, 7) is 2.32. The molecular weight excluding hydrogens is 214 g/mol. The second kappa shape index (κ2) is 5.83. The van der Waals surface area contributed by atoms with Crippen molar-refractivity contribution in [2.24, 2.45) is 17.6 Å². The number of hydrogen-bond acceptors (Lipinski definition) is 2. The van der Waals surface area contributed by atoms with Crippen LogP contribution in [0.25, 0.3) is 0 Å². The standard InChI is InChI=1S/C14H23NS/c1-2-11-4-6-14(15)13(9-11)5-3-12-7-8-16-10-12/h7-8,10-11,13-14H,2-6,9,15H2,1H3. The highest BCUT2D eigenvalue weighted by molar-refractivity contribution is 7.07. The molecule has 90 valence electrons. The molecule has 2 heteroatoms. The highest BCUT2D eigenvalue weighted by Gasteiger charge is 2.26. The van der Waals surface area contributed by atoms with Gasteiger partial charge in [0.15, 0.2) is 0 Å². The monoisotopic (exact) mass is 237 g/mol. The highest BCUT2D eigenvalue weighted by Crippen LogP contribution is 2.33. The van der Waals surface area contributed by atoms with Gasteiger partial charge >= 0.3 is 0 Å². The minimum atomic E-state index is 0.460. The Bertz CT molecular complexity index is 294. The van der Waals surface area contributed by atoms with Crippen molar-refractivity contribution in [3.05, 3.63) is 22.4 Å². The molecule has 2 N–H and O–H groups in total. The molecule has 0 aromatic carbocycles. The van der Waals surface area contributed by atoms with Crippen LogP contribution in [0.15, 0.2) is 16.8 Å². The first kappa shape index (κ1) is 12.1. The van der Waals surface area contributed by atoms with Gasteiger partial charge in [-0.05, 0) is 66.3 Å².